The number of halogens is 4. The molecule has 2 nitrogen and oxygen atoms in total. The van der Waals surface area contributed by atoms with Gasteiger partial charge in [0.1, 0.15) is 4.33 Å². The SMILES string of the molecule is O=C(Nc1ccc(Cl)c(Cl)c1)C1C2CCC3C(CCC21)C3(Cl)Cl. The van der Waals surface area contributed by atoms with Crippen LogP contribution in [0.2, 0.25) is 10.0 Å². The Hall–Kier alpha value is -0.150. The maximum Gasteiger partial charge on any atom is 0.228 e. The standard InChI is InChI=1S/C17H17Cl4NO/c18-13-6-1-8(7-14(13)19)22-16(23)15-9-2-4-11-12(17(11,20)21)5-3-10(9)15/h1,6-7,9-12,15H,2-5H2,(H,22,23). The molecule has 3 aliphatic rings. The van der Waals surface area contributed by atoms with Crippen LogP contribution < -0.4 is 5.32 Å². The van der Waals surface area contributed by atoms with E-state index in [1.807, 2.05) is 0 Å². The second kappa shape index (κ2) is 5.69. The van der Waals surface area contributed by atoms with Crippen molar-refractivity contribution in [3.63, 3.8) is 0 Å². The van der Waals surface area contributed by atoms with Gasteiger partial charge in [-0.1, -0.05) is 23.2 Å². The smallest absolute Gasteiger partial charge is 0.228 e. The van der Waals surface area contributed by atoms with E-state index in [1.165, 1.54) is 0 Å². The predicted molar refractivity (Wildman–Crippen MR) is 95.4 cm³/mol. The molecule has 3 saturated carbocycles. The van der Waals surface area contributed by atoms with Crippen LogP contribution in [0.15, 0.2) is 18.2 Å². The Morgan fingerprint density at radius 3 is 2.17 bits per heavy atom. The van der Waals surface area contributed by atoms with Crippen molar-refractivity contribution in [3.05, 3.63) is 28.2 Å². The normalized spacial score (nSPS) is 37.0. The van der Waals surface area contributed by atoms with Gasteiger partial charge in [0.2, 0.25) is 5.91 Å². The van der Waals surface area contributed by atoms with Gasteiger partial charge in [0, 0.05) is 11.6 Å². The fourth-order valence-corrected chi connectivity index (χ4v) is 5.63. The highest BCUT2D eigenvalue weighted by Gasteiger charge is 2.65. The van der Waals surface area contributed by atoms with Crippen molar-refractivity contribution in [2.24, 2.45) is 29.6 Å². The first-order valence-corrected chi connectivity index (χ1v) is 9.54. The molecule has 4 rings (SSSR count). The topological polar surface area (TPSA) is 29.1 Å². The quantitative estimate of drug-likeness (QED) is 0.634. The lowest BCUT2D eigenvalue weighted by Gasteiger charge is -2.06. The van der Waals surface area contributed by atoms with E-state index in [-0.39, 0.29) is 11.8 Å². The molecule has 0 heterocycles. The molecule has 1 N–H and O–H groups in total. The molecule has 4 unspecified atom stereocenters. The van der Waals surface area contributed by atoms with Crippen LogP contribution in [0, 0.1) is 29.6 Å². The van der Waals surface area contributed by atoms with Crippen LogP contribution in [0.5, 0.6) is 0 Å². The molecule has 6 heteroatoms. The van der Waals surface area contributed by atoms with Crippen LogP contribution in [0.1, 0.15) is 25.7 Å². The van der Waals surface area contributed by atoms with Crippen LogP contribution in [0.3, 0.4) is 0 Å². The van der Waals surface area contributed by atoms with E-state index in [4.69, 9.17) is 46.4 Å². The molecule has 0 radical (unpaired) electrons. The number of alkyl halides is 2. The van der Waals surface area contributed by atoms with Gasteiger partial charge in [-0.25, -0.2) is 0 Å². The summed E-state index contributed by atoms with van der Waals surface area (Å²) >= 11 is 24.5. The second-order valence-corrected chi connectivity index (χ2v) is 9.27. The molecule has 1 amide bonds. The number of benzene rings is 1. The first-order valence-electron chi connectivity index (χ1n) is 8.03. The third-order valence-electron chi connectivity index (χ3n) is 5.81. The zero-order chi connectivity index (χ0) is 16.4. The van der Waals surface area contributed by atoms with Crippen LogP contribution >= 0.6 is 46.4 Å². The van der Waals surface area contributed by atoms with Gasteiger partial charge in [-0.2, -0.15) is 0 Å². The lowest BCUT2D eigenvalue weighted by molar-refractivity contribution is -0.117. The molecule has 0 bridgehead atoms. The first kappa shape index (κ1) is 16.3. The number of carbonyl (C=O) groups excluding carboxylic acids is 1. The van der Waals surface area contributed by atoms with Crippen LogP contribution in [-0.2, 0) is 4.79 Å². The summed E-state index contributed by atoms with van der Waals surface area (Å²) in [7, 11) is 0. The fourth-order valence-electron chi connectivity index (χ4n) is 4.41. The second-order valence-electron chi connectivity index (χ2n) is 7.01. The number of rotatable bonds is 2. The van der Waals surface area contributed by atoms with E-state index >= 15 is 0 Å². The molecule has 3 fully saturated rings. The van der Waals surface area contributed by atoms with Gasteiger partial charge >= 0.3 is 0 Å². The van der Waals surface area contributed by atoms with Gasteiger partial charge in [0.15, 0.2) is 0 Å². The molecule has 0 aromatic heterocycles. The average molecular weight is 393 g/mol. The Bertz CT molecular complexity index is 640. The molecule has 1 aromatic carbocycles. The van der Waals surface area contributed by atoms with Gasteiger partial charge < -0.3 is 5.32 Å². The summed E-state index contributed by atoms with van der Waals surface area (Å²) in [6.45, 7) is 0. The lowest BCUT2D eigenvalue weighted by Crippen LogP contribution is -2.15. The Kier molecular flexibility index (Phi) is 4.04. The molecule has 124 valence electrons. The summed E-state index contributed by atoms with van der Waals surface area (Å²) in [4.78, 5) is 12.5. The largest absolute Gasteiger partial charge is 0.326 e. The fraction of sp³-hybridized carbons (Fsp3) is 0.588. The first-order chi connectivity index (χ1) is 10.9. The molecule has 0 saturated heterocycles. The predicted octanol–water partition coefficient (Wildman–Crippen LogP) is 5.79. The molecule has 4 atom stereocenters. The maximum absolute atomic E-state index is 12.5. The highest BCUT2D eigenvalue weighted by molar-refractivity contribution is 6.51. The van der Waals surface area contributed by atoms with Gasteiger partial charge in [-0.3, -0.25) is 4.79 Å². The van der Waals surface area contributed by atoms with Gasteiger partial charge in [-0.15, -0.1) is 23.2 Å². The summed E-state index contributed by atoms with van der Waals surface area (Å²) < 4.78 is -0.505. The van der Waals surface area contributed by atoms with Crippen LogP contribution in [0.4, 0.5) is 5.69 Å². The Balaban J connectivity index is 1.38. The Morgan fingerprint density at radius 1 is 1.00 bits per heavy atom. The minimum Gasteiger partial charge on any atom is -0.326 e. The zero-order valence-corrected chi connectivity index (χ0v) is 15.4. The summed E-state index contributed by atoms with van der Waals surface area (Å²) in [5.74, 6) is 2.00. The number of hydrogen-bond acceptors (Lipinski definition) is 1. The minimum atomic E-state index is -0.505. The molecular weight excluding hydrogens is 376 g/mol. The molecule has 1 aromatic rings. The molecule has 23 heavy (non-hydrogen) atoms. The molecular formula is C17H17Cl4NO. The van der Waals surface area contributed by atoms with Crippen molar-refractivity contribution < 1.29 is 4.79 Å². The van der Waals surface area contributed by atoms with Crippen LogP contribution in [0.25, 0.3) is 0 Å². The summed E-state index contributed by atoms with van der Waals surface area (Å²) in [6, 6.07) is 5.17. The summed E-state index contributed by atoms with van der Waals surface area (Å²) in [5.41, 5.74) is 0.701. The monoisotopic (exact) mass is 391 g/mol. The van der Waals surface area contributed by atoms with Crippen molar-refractivity contribution in [2.75, 3.05) is 5.32 Å². The number of carbonyl (C=O) groups is 1. The van der Waals surface area contributed by atoms with Crippen molar-refractivity contribution in [3.8, 4) is 0 Å². The zero-order valence-electron chi connectivity index (χ0n) is 12.4. The van der Waals surface area contributed by atoms with E-state index < -0.39 is 4.33 Å². The maximum atomic E-state index is 12.5. The molecule has 3 aliphatic carbocycles. The third-order valence-corrected chi connectivity index (χ3v) is 7.67. The minimum absolute atomic E-state index is 0.0944. The van der Waals surface area contributed by atoms with Crippen LogP contribution in [-0.4, -0.2) is 10.2 Å². The lowest BCUT2D eigenvalue weighted by atomic mass is 10.0. The van der Waals surface area contributed by atoms with Gasteiger partial charge in [0.25, 0.3) is 0 Å². The molecule has 0 spiro atoms. The number of anilines is 1. The average Bonchev–Trinajstić information content (AvgIpc) is 3.27. The van der Waals surface area contributed by atoms with E-state index in [9.17, 15) is 4.79 Å². The Morgan fingerprint density at radius 2 is 1.61 bits per heavy atom. The van der Waals surface area contributed by atoms with Crippen molar-refractivity contribution in [1.82, 2.24) is 0 Å². The van der Waals surface area contributed by atoms with E-state index in [2.05, 4.69) is 5.32 Å². The Labute approximate surface area is 155 Å². The van der Waals surface area contributed by atoms with Gasteiger partial charge in [-0.05, 0) is 67.6 Å². The molecule has 0 aliphatic heterocycles. The number of fused-ring (bicyclic) bond motifs is 2. The summed E-state index contributed by atoms with van der Waals surface area (Å²) in [6.07, 6.45) is 4.17. The van der Waals surface area contributed by atoms with Gasteiger partial charge in [0.05, 0.1) is 10.0 Å². The highest BCUT2D eigenvalue weighted by Crippen LogP contribution is 2.67. The van der Waals surface area contributed by atoms with Crippen molar-refractivity contribution in [1.29, 1.82) is 0 Å². The van der Waals surface area contributed by atoms with Crippen molar-refractivity contribution in [2.45, 2.75) is 30.0 Å². The van der Waals surface area contributed by atoms with E-state index in [0.29, 0.717) is 39.4 Å². The number of hydrogen-bond donors (Lipinski definition) is 1. The highest BCUT2D eigenvalue weighted by atomic mass is 35.5. The number of nitrogens with one attached hydrogen (secondary N) is 1. The third kappa shape index (κ3) is 2.86. The summed E-state index contributed by atoms with van der Waals surface area (Å²) in [5, 5.41) is 3.91. The van der Waals surface area contributed by atoms with E-state index in [0.717, 1.165) is 25.7 Å². The number of amides is 1. The van der Waals surface area contributed by atoms with E-state index in [1.54, 1.807) is 18.2 Å². The van der Waals surface area contributed by atoms with Crippen molar-refractivity contribution >= 4 is 58.0 Å².